The number of hydrogen-bond donors (Lipinski definition) is 1. The first-order chi connectivity index (χ1) is 17.7. The summed E-state index contributed by atoms with van der Waals surface area (Å²) in [6, 6.07) is 13.0. The number of nitrogens with zero attached hydrogens (tertiary/aromatic N) is 2. The zero-order valence-electron chi connectivity index (χ0n) is 20.4. The van der Waals surface area contributed by atoms with Crippen LogP contribution in [0.15, 0.2) is 69.6 Å². The summed E-state index contributed by atoms with van der Waals surface area (Å²) in [7, 11) is 0. The summed E-state index contributed by atoms with van der Waals surface area (Å²) in [6.45, 7) is 5.01. The minimum absolute atomic E-state index is 0.292. The minimum atomic E-state index is -1.07. The summed E-state index contributed by atoms with van der Waals surface area (Å²) in [6.07, 6.45) is 1.87. The molecule has 1 aromatic heterocycles. The smallest absolute Gasteiger partial charge is 0.341 e. The Bertz CT molecular complexity index is 1540. The summed E-state index contributed by atoms with van der Waals surface area (Å²) >= 11 is 7.35. The predicted molar refractivity (Wildman–Crippen MR) is 141 cm³/mol. The first-order valence-electron chi connectivity index (χ1n) is 11.6. The van der Waals surface area contributed by atoms with Gasteiger partial charge in [-0.2, -0.15) is 0 Å². The third-order valence-electron chi connectivity index (χ3n) is 5.53. The number of carboxylic acid groups (broad SMARTS) is 1. The second-order valence-corrected chi connectivity index (χ2v) is 10.00. The van der Waals surface area contributed by atoms with Crippen LogP contribution in [-0.2, 0) is 14.3 Å². The molecule has 192 valence electrons. The maximum atomic E-state index is 13.7. The molecule has 1 unspecified atom stereocenters. The molecule has 0 saturated carbocycles. The molecule has 1 aliphatic heterocycles. The lowest BCUT2D eigenvalue weighted by molar-refractivity contribution is -0.143. The van der Waals surface area contributed by atoms with E-state index in [2.05, 4.69) is 4.99 Å². The number of halogens is 1. The van der Waals surface area contributed by atoms with Crippen LogP contribution in [0.3, 0.4) is 0 Å². The number of rotatable bonds is 8. The number of carbonyl (C=O) groups excluding carboxylic acids is 1. The maximum Gasteiger partial charge on any atom is 0.341 e. The fourth-order valence-electron chi connectivity index (χ4n) is 3.95. The molecule has 37 heavy (non-hydrogen) atoms. The Morgan fingerprint density at radius 2 is 1.84 bits per heavy atom. The van der Waals surface area contributed by atoms with E-state index in [1.165, 1.54) is 15.9 Å². The van der Waals surface area contributed by atoms with Gasteiger partial charge in [-0.15, -0.1) is 0 Å². The quantitative estimate of drug-likeness (QED) is 0.437. The van der Waals surface area contributed by atoms with Crippen LogP contribution in [-0.4, -0.2) is 34.3 Å². The molecule has 4 rings (SSSR count). The van der Waals surface area contributed by atoms with Crippen molar-refractivity contribution in [3.63, 3.8) is 0 Å². The second-order valence-electron chi connectivity index (χ2n) is 8.55. The van der Waals surface area contributed by atoms with E-state index in [1.807, 2.05) is 6.92 Å². The number of aromatic nitrogens is 1. The van der Waals surface area contributed by atoms with Crippen LogP contribution in [0, 0.1) is 0 Å². The van der Waals surface area contributed by atoms with Crippen molar-refractivity contribution in [3.8, 4) is 5.75 Å². The molecule has 1 N–H and O–H groups in total. The minimum Gasteiger partial charge on any atom is -0.482 e. The monoisotopic (exact) mass is 540 g/mol. The Morgan fingerprint density at radius 3 is 2.43 bits per heavy atom. The number of aliphatic carboxylic acids is 1. The van der Waals surface area contributed by atoms with Gasteiger partial charge in [0.25, 0.3) is 5.56 Å². The van der Waals surface area contributed by atoms with Crippen molar-refractivity contribution >= 4 is 41.0 Å². The molecule has 0 bridgehead atoms. The van der Waals surface area contributed by atoms with Crippen LogP contribution in [0.2, 0.25) is 5.02 Å². The highest BCUT2D eigenvalue weighted by Gasteiger charge is 2.34. The van der Waals surface area contributed by atoms with E-state index in [9.17, 15) is 14.4 Å². The highest BCUT2D eigenvalue weighted by molar-refractivity contribution is 7.07. The topological polar surface area (TPSA) is 107 Å². The number of fused-ring (bicyclic) bond motifs is 1. The van der Waals surface area contributed by atoms with E-state index in [-0.39, 0.29) is 11.7 Å². The number of benzene rings is 2. The van der Waals surface area contributed by atoms with E-state index in [1.54, 1.807) is 68.5 Å². The highest BCUT2D eigenvalue weighted by atomic mass is 35.5. The Labute approximate surface area is 221 Å². The molecule has 0 saturated heterocycles. The average Bonchev–Trinajstić information content (AvgIpc) is 3.17. The third-order valence-corrected chi connectivity index (χ3v) is 6.77. The summed E-state index contributed by atoms with van der Waals surface area (Å²) in [5, 5.41) is 9.31. The Balaban J connectivity index is 1.84. The number of carbonyl (C=O) groups is 2. The van der Waals surface area contributed by atoms with Crippen LogP contribution in [0.25, 0.3) is 6.08 Å². The van der Waals surface area contributed by atoms with Gasteiger partial charge >= 0.3 is 11.9 Å². The van der Waals surface area contributed by atoms with Gasteiger partial charge in [0.05, 0.1) is 27.9 Å². The van der Waals surface area contributed by atoms with Crippen LogP contribution in [0.5, 0.6) is 5.75 Å². The molecule has 1 aliphatic rings. The van der Waals surface area contributed by atoms with Gasteiger partial charge in [0.2, 0.25) is 0 Å². The number of hydrogen-bond acceptors (Lipinski definition) is 7. The molecule has 1 atom stereocenters. The molecule has 10 heteroatoms. The molecule has 0 radical (unpaired) electrons. The lowest BCUT2D eigenvalue weighted by Crippen LogP contribution is -2.40. The summed E-state index contributed by atoms with van der Waals surface area (Å²) < 4.78 is 12.7. The first kappa shape index (κ1) is 26.4. The Morgan fingerprint density at radius 1 is 1.16 bits per heavy atom. The summed E-state index contributed by atoms with van der Waals surface area (Å²) in [4.78, 5) is 42.8. The van der Waals surface area contributed by atoms with E-state index in [4.69, 9.17) is 26.2 Å². The van der Waals surface area contributed by atoms with Crippen molar-refractivity contribution in [2.24, 2.45) is 4.99 Å². The molecule has 0 aliphatic carbocycles. The van der Waals surface area contributed by atoms with Crippen molar-refractivity contribution in [2.75, 3.05) is 6.61 Å². The normalized spacial score (nSPS) is 15.4. The van der Waals surface area contributed by atoms with Gasteiger partial charge in [0, 0.05) is 5.02 Å². The number of esters is 1. The van der Waals surface area contributed by atoms with E-state index in [0.717, 1.165) is 5.56 Å². The van der Waals surface area contributed by atoms with Gasteiger partial charge in [-0.1, -0.05) is 54.1 Å². The molecule has 0 spiro atoms. The molecule has 8 nitrogen and oxygen atoms in total. The predicted octanol–water partition coefficient (Wildman–Crippen LogP) is 3.69. The first-order valence-corrected chi connectivity index (χ1v) is 12.8. The molecular formula is C27H25ClN2O6S. The lowest BCUT2D eigenvalue weighted by Gasteiger charge is -2.26. The van der Waals surface area contributed by atoms with Gasteiger partial charge in [-0.05, 0) is 61.7 Å². The molecule has 0 amide bonds. The van der Waals surface area contributed by atoms with Gasteiger partial charge in [-0.25, -0.2) is 14.6 Å². The lowest BCUT2D eigenvalue weighted by atomic mass is 9.95. The maximum absolute atomic E-state index is 13.7. The number of thiazole rings is 1. The van der Waals surface area contributed by atoms with Gasteiger partial charge in [0.1, 0.15) is 5.75 Å². The third kappa shape index (κ3) is 5.84. The number of carboxylic acids is 1. The van der Waals surface area contributed by atoms with Crippen molar-refractivity contribution in [2.45, 2.75) is 39.3 Å². The fraction of sp³-hybridized carbons (Fsp3) is 0.259. The van der Waals surface area contributed by atoms with Crippen LogP contribution >= 0.6 is 22.9 Å². The van der Waals surface area contributed by atoms with E-state index in [0.29, 0.717) is 43.4 Å². The standard InChI is InChI=1S/C27H25ClN2O6S/c1-4-20-23(26(34)36-15(2)3)24(17-7-9-18(28)10-8-17)30-25(33)21(37-27(30)29-20)13-16-5-11-19(12-6-16)35-14-22(31)32/h5-13,15,24H,4,14H2,1-3H3,(H,31,32)/b21-13-. The van der Waals surface area contributed by atoms with Gasteiger partial charge in [-0.3, -0.25) is 9.36 Å². The molecule has 2 aromatic carbocycles. The largest absolute Gasteiger partial charge is 0.482 e. The van der Waals surface area contributed by atoms with Crippen molar-refractivity contribution in [3.05, 3.63) is 95.6 Å². The zero-order chi connectivity index (χ0) is 26.7. The SMILES string of the molecule is CCC1=C(C(=O)OC(C)C)C(c2ccc(Cl)cc2)n2c(s/c(=C\c3ccc(OCC(=O)O)cc3)c2=O)=N1. The highest BCUT2D eigenvalue weighted by Crippen LogP contribution is 2.32. The number of allylic oxidation sites excluding steroid dienone is 1. The van der Waals surface area contributed by atoms with Crippen LogP contribution < -0.4 is 19.6 Å². The fourth-order valence-corrected chi connectivity index (χ4v) is 5.09. The van der Waals surface area contributed by atoms with Crippen molar-refractivity contribution in [1.82, 2.24) is 4.57 Å². The average molecular weight is 541 g/mol. The van der Waals surface area contributed by atoms with E-state index < -0.39 is 24.6 Å². The van der Waals surface area contributed by atoms with Crippen molar-refractivity contribution < 1.29 is 24.2 Å². The van der Waals surface area contributed by atoms with Crippen LogP contribution in [0.4, 0.5) is 0 Å². The zero-order valence-corrected chi connectivity index (χ0v) is 22.0. The molecule has 0 fully saturated rings. The van der Waals surface area contributed by atoms with Gasteiger partial charge in [0.15, 0.2) is 11.4 Å². The number of ether oxygens (including phenoxy) is 2. The summed E-state index contributed by atoms with van der Waals surface area (Å²) in [5.74, 6) is -1.17. The Hall–Kier alpha value is -3.69. The van der Waals surface area contributed by atoms with Gasteiger partial charge < -0.3 is 14.6 Å². The van der Waals surface area contributed by atoms with E-state index >= 15 is 0 Å². The molecule has 2 heterocycles. The van der Waals surface area contributed by atoms with Crippen molar-refractivity contribution in [1.29, 1.82) is 0 Å². The second kappa shape index (κ2) is 11.1. The Kier molecular flexibility index (Phi) is 7.94. The summed E-state index contributed by atoms with van der Waals surface area (Å²) in [5.41, 5.74) is 2.05. The molecular weight excluding hydrogens is 516 g/mol. The molecule has 3 aromatic rings. The van der Waals surface area contributed by atoms with Crippen LogP contribution in [0.1, 0.15) is 44.4 Å².